The number of rotatable bonds is 4. The monoisotopic (exact) mass is 243 g/mol. The van der Waals surface area contributed by atoms with Crippen LogP contribution in [0.5, 0.6) is 0 Å². The van der Waals surface area contributed by atoms with Crippen LogP contribution in [0, 0.1) is 0 Å². The van der Waals surface area contributed by atoms with Crippen molar-refractivity contribution in [2.45, 2.75) is 12.8 Å². The number of nitrogens with zero attached hydrogens (tertiary/aromatic N) is 3. The number of aromatic nitrogens is 3. The summed E-state index contributed by atoms with van der Waals surface area (Å²) >= 11 is 0. The smallest absolute Gasteiger partial charge is 0.249 e. The molecule has 0 spiro atoms. The molecule has 0 aliphatic rings. The maximum Gasteiger partial charge on any atom is 0.249 e. The minimum atomic E-state index is -0.161. The molecule has 0 aliphatic carbocycles. The van der Waals surface area contributed by atoms with Crippen molar-refractivity contribution in [1.29, 1.82) is 0 Å². The third-order valence-corrected chi connectivity index (χ3v) is 2.41. The summed E-state index contributed by atoms with van der Waals surface area (Å²) < 4.78 is 0. The number of hydrogen-bond acceptors (Lipinski definition) is 5. The van der Waals surface area contributed by atoms with E-state index in [1.165, 1.54) is 12.4 Å². The van der Waals surface area contributed by atoms with Crippen molar-refractivity contribution in [3.63, 3.8) is 0 Å². The van der Waals surface area contributed by atoms with Crippen LogP contribution < -0.4 is 11.1 Å². The number of aryl methyl sites for hydroxylation is 1. The number of hydrogen-bond donors (Lipinski definition) is 2. The molecule has 6 heteroatoms. The molecule has 6 nitrogen and oxygen atoms in total. The minimum absolute atomic E-state index is 0.161. The van der Waals surface area contributed by atoms with Crippen molar-refractivity contribution in [3.05, 3.63) is 42.2 Å². The molecule has 92 valence electrons. The number of amides is 1. The largest absolute Gasteiger partial charge is 0.399 e. The first-order chi connectivity index (χ1) is 8.75. The van der Waals surface area contributed by atoms with Gasteiger partial charge in [0, 0.05) is 12.1 Å². The van der Waals surface area contributed by atoms with Crippen molar-refractivity contribution in [1.82, 2.24) is 15.2 Å². The number of benzene rings is 1. The summed E-state index contributed by atoms with van der Waals surface area (Å²) in [5.74, 6) is 0.0507. The van der Waals surface area contributed by atoms with Crippen LogP contribution in [-0.4, -0.2) is 21.1 Å². The standard InChI is InChI=1S/C12H13N5O/c13-10-4-2-1-3-9(10)5-6-11(18)16-12-14-7-8-15-17-12/h1-4,7-8H,5-6,13H2,(H,14,16,17,18). The fourth-order valence-corrected chi connectivity index (χ4v) is 1.50. The Balaban J connectivity index is 1.88. The van der Waals surface area contributed by atoms with E-state index in [9.17, 15) is 4.79 Å². The summed E-state index contributed by atoms with van der Waals surface area (Å²) in [4.78, 5) is 15.5. The topological polar surface area (TPSA) is 93.8 Å². The van der Waals surface area contributed by atoms with E-state index in [4.69, 9.17) is 5.73 Å². The van der Waals surface area contributed by atoms with Crippen molar-refractivity contribution < 1.29 is 4.79 Å². The maximum absolute atomic E-state index is 11.6. The van der Waals surface area contributed by atoms with Crippen LogP contribution in [0.15, 0.2) is 36.7 Å². The van der Waals surface area contributed by atoms with Gasteiger partial charge in [-0.05, 0) is 18.1 Å². The van der Waals surface area contributed by atoms with Gasteiger partial charge in [0.1, 0.15) is 0 Å². The normalized spacial score (nSPS) is 10.0. The van der Waals surface area contributed by atoms with Crippen LogP contribution in [0.2, 0.25) is 0 Å². The lowest BCUT2D eigenvalue weighted by Gasteiger charge is -2.05. The van der Waals surface area contributed by atoms with E-state index in [0.29, 0.717) is 18.5 Å². The molecule has 1 aromatic carbocycles. The molecule has 18 heavy (non-hydrogen) atoms. The lowest BCUT2D eigenvalue weighted by molar-refractivity contribution is -0.116. The van der Waals surface area contributed by atoms with Gasteiger partial charge in [0.05, 0.1) is 12.4 Å². The summed E-state index contributed by atoms with van der Waals surface area (Å²) in [6.07, 6.45) is 3.82. The quantitative estimate of drug-likeness (QED) is 0.782. The first-order valence-corrected chi connectivity index (χ1v) is 5.52. The number of carbonyl (C=O) groups excluding carboxylic acids is 1. The van der Waals surface area contributed by atoms with Gasteiger partial charge in [-0.15, -0.1) is 5.10 Å². The molecular weight excluding hydrogens is 230 g/mol. The maximum atomic E-state index is 11.6. The highest BCUT2D eigenvalue weighted by Crippen LogP contribution is 2.12. The van der Waals surface area contributed by atoms with Crippen molar-refractivity contribution >= 4 is 17.5 Å². The zero-order valence-corrected chi connectivity index (χ0v) is 9.71. The van der Waals surface area contributed by atoms with Gasteiger partial charge in [-0.1, -0.05) is 18.2 Å². The van der Waals surface area contributed by atoms with Crippen LogP contribution in [0.1, 0.15) is 12.0 Å². The summed E-state index contributed by atoms with van der Waals surface area (Å²) in [5.41, 5.74) is 7.45. The highest BCUT2D eigenvalue weighted by atomic mass is 16.1. The predicted molar refractivity (Wildman–Crippen MR) is 67.6 cm³/mol. The molecule has 0 aliphatic heterocycles. The lowest BCUT2D eigenvalue weighted by atomic mass is 10.1. The average molecular weight is 243 g/mol. The molecule has 0 fully saturated rings. The van der Waals surface area contributed by atoms with E-state index in [1.54, 1.807) is 0 Å². The number of nitrogens with one attached hydrogen (secondary N) is 1. The third-order valence-electron chi connectivity index (χ3n) is 2.41. The molecule has 2 aromatic rings. The molecule has 2 rings (SSSR count). The second kappa shape index (κ2) is 5.72. The zero-order chi connectivity index (χ0) is 12.8. The molecule has 0 atom stereocenters. The Morgan fingerprint density at radius 1 is 1.28 bits per heavy atom. The Morgan fingerprint density at radius 2 is 2.11 bits per heavy atom. The molecular formula is C12H13N5O. The third kappa shape index (κ3) is 3.24. The first-order valence-electron chi connectivity index (χ1n) is 5.52. The number of anilines is 2. The van der Waals surface area contributed by atoms with Gasteiger partial charge in [-0.3, -0.25) is 10.1 Å². The van der Waals surface area contributed by atoms with Gasteiger partial charge in [-0.2, -0.15) is 5.10 Å². The second-order valence-electron chi connectivity index (χ2n) is 3.71. The van der Waals surface area contributed by atoms with Gasteiger partial charge < -0.3 is 5.73 Å². The molecule has 1 amide bonds. The van der Waals surface area contributed by atoms with Crippen molar-refractivity contribution in [2.24, 2.45) is 0 Å². The second-order valence-corrected chi connectivity index (χ2v) is 3.71. The van der Waals surface area contributed by atoms with Crippen LogP contribution in [0.4, 0.5) is 11.6 Å². The van der Waals surface area contributed by atoms with Crippen LogP contribution in [-0.2, 0) is 11.2 Å². The van der Waals surface area contributed by atoms with Crippen molar-refractivity contribution in [3.8, 4) is 0 Å². The number of carbonyl (C=O) groups is 1. The SMILES string of the molecule is Nc1ccccc1CCC(=O)Nc1nccnn1. The molecule has 0 unspecified atom stereocenters. The fourth-order valence-electron chi connectivity index (χ4n) is 1.50. The molecule has 0 saturated heterocycles. The van der Waals surface area contributed by atoms with Gasteiger partial charge in [-0.25, -0.2) is 4.98 Å². The molecule has 1 heterocycles. The predicted octanol–water partition coefficient (Wildman–Crippen LogP) is 1.03. The number of para-hydroxylation sites is 1. The Labute approximate surface area is 104 Å². The van der Waals surface area contributed by atoms with Gasteiger partial charge >= 0.3 is 0 Å². The van der Waals surface area contributed by atoms with Crippen LogP contribution in [0.3, 0.4) is 0 Å². The van der Waals surface area contributed by atoms with E-state index in [2.05, 4.69) is 20.5 Å². The summed E-state index contributed by atoms with van der Waals surface area (Å²) in [6.45, 7) is 0. The minimum Gasteiger partial charge on any atom is -0.399 e. The van der Waals surface area contributed by atoms with E-state index in [1.807, 2.05) is 24.3 Å². The average Bonchev–Trinajstić information content (AvgIpc) is 2.39. The molecule has 0 saturated carbocycles. The van der Waals surface area contributed by atoms with Gasteiger partial charge in [0.2, 0.25) is 11.9 Å². The highest BCUT2D eigenvalue weighted by Gasteiger charge is 2.06. The van der Waals surface area contributed by atoms with E-state index >= 15 is 0 Å². The summed E-state index contributed by atoms with van der Waals surface area (Å²) in [5, 5.41) is 9.86. The van der Waals surface area contributed by atoms with Gasteiger partial charge in [0.25, 0.3) is 0 Å². The van der Waals surface area contributed by atoms with E-state index in [0.717, 1.165) is 5.56 Å². The Hall–Kier alpha value is -2.50. The van der Waals surface area contributed by atoms with E-state index < -0.39 is 0 Å². The summed E-state index contributed by atoms with van der Waals surface area (Å²) in [6, 6.07) is 7.48. The molecule has 0 bridgehead atoms. The summed E-state index contributed by atoms with van der Waals surface area (Å²) in [7, 11) is 0. The van der Waals surface area contributed by atoms with E-state index in [-0.39, 0.29) is 11.9 Å². The zero-order valence-electron chi connectivity index (χ0n) is 9.71. The van der Waals surface area contributed by atoms with Gasteiger partial charge in [0.15, 0.2) is 0 Å². The Kier molecular flexibility index (Phi) is 3.80. The number of nitrogens with two attached hydrogens (primary N) is 1. The lowest BCUT2D eigenvalue weighted by Crippen LogP contribution is -2.15. The Morgan fingerprint density at radius 3 is 2.83 bits per heavy atom. The van der Waals surface area contributed by atoms with Crippen LogP contribution >= 0.6 is 0 Å². The first kappa shape index (κ1) is 12.0. The number of nitrogen functional groups attached to an aromatic ring is 1. The fraction of sp³-hybridized carbons (Fsp3) is 0.167. The molecule has 1 aromatic heterocycles. The molecule has 0 radical (unpaired) electrons. The Bertz CT molecular complexity index is 529. The highest BCUT2D eigenvalue weighted by molar-refractivity contribution is 5.89. The van der Waals surface area contributed by atoms with Crippen molar-refractivity contribution in [2.75, 3.05) is 11.1 Å². The van der Waals surface area contributed by atoms with Crippen LogP contribution in [0.25, 0.3) is 0 Å². The molecule has 3 N–H and O–H groups in total.